The molecular weight excluding hydrogens is 230 g/mol. The minimum atomic E-state index is -0.186. The van der Waals surface area contributed by atoms with E-state index in [1.807, 2.05) is 20.8 Å². The van der Waals surface area contributed by atoms with Gasteiger partial charge in [-0.3, -0.25) is 4.79 Å². The fourth-order valence-corrected chi connectivity index (χ4v) is 1.73. The summed E-state index contributed by atoms with van der Waals surface area (Å²) in [5, 5.41) is 3.68. The van der Waals surface area contributed by atoms with Crippen molar-refractivity contribution in [3.63, 3.8) is 0 Å². The Labute approximate surface area is 106 Å². The lowest BCUT2D eigenvalue weighted by Crippen LogP contribution is -2.29. The van der Waals surface area contributed by atoms with Crippen molar-refractivity contribution in [2.24, 2.45) is 0 Å². The Morgan fingerprint density at radius 1 is 1.28 bits per heavy atom. The summed E-state index contributed by atoms with van der Waals surface area (Å²) in [5.41, 5.74) is 0.752. The Bertz CT molecular complexity index is 623. The molecule has 0 aliphatic rings. The van der Waals surface area contributed by atoms with E-state index < -0.39 is 0 Å². The molecule has 0 bridgehead atoms. The van der Waals surface area contributed by atoms with Crippen LogP contribution in [0.3, 0.4) is 0 Å². The lowest BCUT2D eigenvalue weighted by atomic mass is 10.1. The number of nitrogens with one attached hydrogen (secondary N) is 1. The quantitative estimate of drug-likeness (QED) is 0.886. The third-order valence-corrected chi connectivity index (χ3v) is 2.49. The van der Waals surface area contributed by atoms with Crippen molar-refractivity contribution in [2.75, 3.05) is 12.4 Å². The molecule has 0 fully saturated rings. The summed E-state index contributed by atoms with van der Waals surface area (Å²) in [7, 11) is 1.58. The Morgan fingerprint density at radius 3 is 2.61 bits per heavy atom. The molecule has 2 aromatic rings. The molecule has 0 saturated carbocycles. The van der Waals surface area contributed by atoms with Crippen LogP contribution in [0.4, 0.5) is 5.69 Å². The fraction of sp³-hybridized carbons (Fsp3) is 0.357. The van der Waals surface area contributed by atoms with Gasteiger partial charge in [-0.15, -0.1) is 0 Å². The highest BCUT2D eigenvalue weighted by atomic mass is 16.5. The third-order valence-electron chi connectivity index (χ3n) is 2.49. The smallest absolute Gasteiger partial charge is 0.215 e. The summed E-state index contributed by atoms with van der Waals surface area (Å²) in [6, 6.07) is 5.17. The second-order valence-electron chi connectivity index (χ2n) is 5.22. The maximum absolute atomic E-state index is 12.2. The second kappa shape index (κ2) is 4.37. The first-order valence-electron chi connectivity index (χ1n) is 5.78. The van der Waals surface area contributed by atoms with E-state index in [-0.39, 0.29) is 11.0 Å². The maximum atomic E-state index is 12.2. The summed E-state index contributed by atoms with van der Waals surface area (Å²) in [4.78, 5) is 12.2. The van der Waals surface area contributed by atoms with Crippen LogP contribution in [-0.4, -0.2) is 12.6 Å². The molecule has 0 aliphatic heterocycles. The minimum absolute atomic E-state index is 0.0613. The number of fused-ring (bicyclic) bond motifs is 1. The molecule has 4 heteroatoms. The van der Waals surface area contributed by atoms with Gasteiger partial charge in [0, 0.05) is 11.6 Å². The zero-order valence-electron chi connectivity index (χ0n) is 11.0. The number of methoxy groups -OCH3 is 1. The first-order valence-corrected chi connectivity index (χ1v) is 5.78. The summed E-state index contributed by atoms with van der Waals surface area (Å²) in [6.45, 7) is 5.97. The SMILES string of the molecule is COc1ccc2c(=O)c(NC(C)(C)C)coc2c1. The van der Waals surface area contributed by atoms with Crippen LogP contribution < -0.4 is 15.5 Å². The summed E-state index contributed by atoms with van der Waals surface area (Å²) in [5.74, 6) is 0.669. The van der Waals surface area contributed by atoms with Crippen LogP contribution in [0, 0.1) is 0 Å². The van der Waals surface area contributed by atoms with Gasteiger partial charge in [-0.25, -0.2) is 0 Å². The summed E-state index contributed by atoms with van der Waals surface area (Å²) in [6.07, 6.45) is 1.45. The molecule has 4 nitrogen and oxygen atoms in total. The molecule has 0 radical (unpaired) electrons. The average Bonchev–Trinajstić information content (AvgIpc) is 2.31. The van der Waals surface area contributed by atoms with E-state index in [1.54, 1.807) is 25.3 Å². The number of benzene rings is 1. The van der Waals surface area contributed by atoms with Crippen LogP contribution in [0.1, 0.15) is 20.8 Å². The van der Waals surface area contributed by atoms with Gasteiger partial charge in [0.25, 0.3) is 0 Å². The van der Waals surface area contributed by atoms with Gasteiger partial charge >= 0.3 is 0 Å². The molecule has 96 valence electrons. The monoisotopic (exact) mass is 247 g/mol. The number of hydrogen-bond acceptors (Lipinski definition) is 4. The van der Waals surface area contributed by atoms with Crippen molar-refractivity contribution < 1.29 is 9.15 Å². The Hall–Kier alpha value is -1.97. The maximum Gasteiger partial charge on any atom is 0.215 e. The van der Waals surface area contributed by atoms with Gasteiger partial charge < -0.3 is 14.5 Å². The van der Waals surface area contributed by atoms with Crippen molar-refractivity contribution in [1.29, 1.82) is 0 Å². The largest absolute Gasteiger partial charge is 0.497 e. The third kappa shape index (κ3) is 2.47. The molecular formula is C14H17NO3. The zero-order chi connectivity index (χ0) is 13.3. The highest BCUT2D eigenvalue weighted by molar-refractivity contribution is 5.80. The predicted molar refractivity (Wildman–Crippen MR) is 72.4 cm³/mol. The van der Waals surface area contributed by atoms with Crippen molar-refractivity contribution in [3.8, 4) is 5.75 Å². The number of rotatable bonds is 2. The molecule has 2 rings (SSSR count). The van der Waals surface area contributed by atoms with E-state index >= 15 is 0 Å². The van der Waals surface area contributed by atoms with E-state index in [1.165, 1.54) is 6.26 Å². The van der Waals surface area contributed by atoms with Gasteiger partial charge in [0.15, 0.2) is 0 Å². The van der Waals surface area contributed by atoms with Crippen LogP contribution in [-0.2, 0) is 0 Å². The molecule has 0 unspecified atom stereocenters. The summed E-state index contributed by atoms with van der Waals surface area (Å²) >= 11 is 0. The minimum Gasteiger partial charge on any atom is -0.497 e. The molecule has 1 heterocycles. The molecule has 0 saturated heterocycles. The van der Waals surface area contributed by atoms with E-state index in [9.17, 15) is 4.79 Å². The van der Waals surface area contributed by atoms with Gasteiger partial charge in [-0.2, -0.15) is 0 Å². The van der Waals surface area contributed by atoms with Crippen LogP contribution in [0.5, 0.6) is 5.75 Å². The van der Waals surface area contributed by atoms with E-state index in [4.69, 9.17) is 9.15 Å². The normalized spacial score (nSPS) is 11.6. The fourth-order valence-electron chi connectivity index (χ4n) is 1.73. The molecule has 0 amide bonds. The molecule has 1 N–H and O–H groups in total. The molecule has 0 spiro atoms. The van der Waals surface area contributed by atoms with Crippen LogP contribution >= 0.6 is 0 Å². The molecule has 1 aromatic carbocycles. The topological polar surface area (TPSA) is 51.5 Å². The van der Waals surface area contributed by atoms with Gasteiger partial charge in [0.1, 0.15) is 23.3 Å². The van der Waals surface area contributed by atoms with Gasteiger partial charge in [-0.1, -0.05) is 0 Å². The lowest BCUT2D eigenvalue weighted by molar-refractivity contribution is 0.414. The summed E-state index contributed by atoms with van der Waals surface area (Å²) < 4.78 is 10.6. The predicted octanol–water partition coefficient (Wildman–Crippen LogP) is 3.01. The second-order valence-corrected chi connectivity index (χ2v) is 5.22. The zero-order valence-corrected chi connectivity index (χ0v) is 11.0. The van der Waals surface area contributed by atoms with Crippen molar-refractivity contribution in [2.45, 2.75) is 26.3 Å². The standard InChI is InChI=1S/C14H17NO3/c1-14(2,3)15-11-8-18-12-7-9(17-4)5-6-10(12)13(11)16/h5-8,15H,1-4H3. The Kier molecular flexibility index (Phi) is 3.03. The highest BCUT2D eigenvalue weighted by Crippen LogP contribution is 2.21. The van der Waals surface area contributed by atoms with Crippen LogP contribution in [0.25, 0.3) is 11.0 Å². The first kappa shape index (κ1) is 12.5. The van der Waals surface area contributed by atoms with Gasteiger partial charge in [0.2, 0.25) is 5.43 Å². The Morgan fingerprint density at radius 2 is 2.00 bits per heavy atom. The number of hydrogen-bond donors (Lipinski definition) is 1. The van der Waals surface area contributed by atoms with E-state index in [2.05, 4.69) is 5.32 Å². The van der Waals surface area contributed by atoms with Crippen molar-refractivity contribution >= 4 is 16.7 Å². The van der Waals surface area contributed by atoms with Crippen LogP contribution in [0.2, 0.25) is 0 Å². The molecule has 18 heavy (non-hydrogen) atoms. The molecule has 0 atom stereocenters. The van der Waals surface area contributed by atoms with E-state index in [0.29, 0.717) is 22.4 Å². The average molecular weight is 247 g/mol. The number of anilines is 1. The van der Waals surface area contributed by atoms with Gasteiger partial charge in [0.05, 0.1) is 12.5 Å². The molecule has 0 aliphatic carbocycles. The van der Waals surface area contributed by atoms with Gasteiger partial charge in [-0.05, 0) is 32.9 Å². The first-order chi connectivity index (χ1) is 8.40. The lowest BCUT2D eigenvalue weighted by Gasteiger charge is -2.21. The highest BCUT2D eigenvalue weighted by Gasteiger charge is 2.14. The Balaban J connectivity index is 2.55. The van der Waals surface area contributed by atoms with Crippen molar-refractivity contribution in [1.82, 2.24) is 0 Å². The van der Waals surface area contributed by atoms with E-state index in [0.717, 1.165) is 0 Å². The van der Waals surface area contributed by atoms with Crippen LogP contribution in [0.15, 0.2) is 33.7 Å². The molecule has 1 aromatic heterocycles. The van der Waals surface area contributed by atoms with Crippen molar-refractivity contribution in [3.05, 3.63) is 34.7 Å². The number of ether oxygens (including phenoxy) is 1.